The van der Waals surface area contributed by atoms with Crippen molar-refractivity contribution in [3.05, 3.63) is 66.0 Å². The van der Waals surface area contributed by atoms with Gasteiger partial charge < -0.3 is 15.4 Å². The molecular formula is C20H24FN3OS. The van der Waals surface area contributed by atoms with E-state index >= 15 is 0 Å². The second-order valence-electron chi connectivity index (χ2n) is 6.40. The van der Waals surface area contributed by atoms with Gasteiger partial charge >= 0.3 is 0 Å². The summed E-state index contributed by atoms with van der Waals surface area (Å²) in [6, 6.07) is 16.9. The summed E-state index contributed by atoms with van der Waals surface area (Å²) in [6.07, 6.45) is 0. The smallest absolute Gasteiger partial charge is 0.171 e. The molecule has 0 bridgehead atoms. The summed E-state index contributed by atoms with van der Waals surface area (Å²) in [7, 11) is 0. The first-order chi connectivity index (χ1) is 12.6. The number of nitrogens with one attached hydrogen (secondary N) is 2. The fourth-order valence-corrected chi connectivity index (χ4v) is 3.61. The van der Waals surface area contributed by atoms with Crippen LogP contribution in [0.4, 0.5) is 10.1 Å². The average molecular weight is 373 g/mol. The molecule has 2 N–H and O–H groups in total. The maximum absolute atomic E-state index is 13.0. The van der Waals surface area contributed by atoms with Gasteiger partial charge in [-0.05, 0) is 49.0 Å². The first-order valence-corrected chi connectivity index (χ1v) is 9.24. The van der Waals surface area contributed by atoms with E-state index in [4.69, 9.17) is 17.0 Å². The number of halogens is 1. The molecule has 6 heteroatoms. The molecule has 2 aromatic rings. The maximum atomic E-state index is 13.0. The summed E-state index contributed by atoms with van der Waals surface area (Å²) in [5.41, 5.74) is 2.01. The Balaban J connectivity index is 1.69. The van der Waals surface area contributed by atoms with Gasteiger partial charge in [0.15, 0.2) is 5.11 Å². The van der Waals surface area contributed by atoms with Crippen molar-refractivity contribution in [3.63, 3.8) is 0 Å². The van der Waals surface area contributed by atoms with Crippen molar-refractivity contribution in [1.82, 2.24) is 10.2 Å². The van der Waals surface area contributed by atoms with Crippen LogP contribution in [0, 0.1) is 5.82 Å². The van der Waals surface area contributed by atoms with Gasteiger partial charge in [0.2, 0.25) is 0 Å². The SMILES string of the molecule is CC(NC(=S)Nc1ccc(F)cc1)C(c1ccccc1)N1CCOCC1. The van der Waals surface area contributed by atoms with E-state index in [0.717, 1.165) is 32.0 Å². The lowest BCUT2D eigenvalue weighted by Crippen LogP contribution is -2.49. The van der Waals surface area contributed by atoms with Gasteiger partial charge in [-0.2, -0.15) is 0 Å². The zero-order valence-corrected chi connectivity index (χ0v) is 15.6. The number of hydrogen-bond acceptors (Lipinski definition) is 3. The fourth-order valence-electron chi connectivity index (χ4n) is 3.31. The van der Waals surface area contributed by atoms with Crippen LogP contribution >= 0.6 is 12.2 Å². The van der Waals surface area contributed by atoms with Crippen molar-refractivity contribution < 1.29 is 9.13 Å². The number of rotatable bonds is 5. The summed E-state index contributed by atoms with van der Waals surface area (Å²) in [6.45, 7) is 5.40. The molecule has 1 saturated heterocycles. The number of benzene rings is 2. The lowest BCUT2D eigenvalue weighted by molar-refractivity contribution is 0.0102. The number of anilines is 1. The summed E-state index contributed by atoms with van der Waals surface area (Å²) < 4.78 is 18.5. The van der Waals surface area contributed by atoms with Gasteiger partial charge in [-0.3, -0.25) is 4.90 Å². The van der Waals surface area contributed by atoms with Crippen molar-refractivity contribution in [3.8, 4) is 0 Å². The topological polar surface area (TPSA) is 36.5 Å². The largest absolute Gasteiger partial charge is 0.379 e. The van der Waals surface area contributed by atoms with E-state index in [2.05, 4.69) is 46.7 Å². The second-order valence-corrected chi connectivity index (χ2v) is 6.81. The van der Waals surface area contributed by atoms with Crippen molar-refractivity contribution in [2.75, 3.05) is 31.6 Å². The first-order valence-electron chi connectivity index (χ1n) is 8.83. The fraction of sp³-hybridized carbons (Fsp3) is 0.350. The Morgan fingerprint density at radius 3 is 2.38 bits per heavy atom. The maximum Gasteiger partial charge on any atom is 0.171 e. The molecule has 0 radical (unpaired) electrons. The zero-order valence-electron chi connectivity index (χ0n) is 14.8. The van der Waals surface area contributed by atoms with E-state index in [9.17, 15) is 4.39 Å². The van der Waals surface area contributed by atoms with E-state index < -0.39 is 0 Å². The third kappa shape index (κ3) is 5.00. The molecule has 3 rings (SSSR count). The molecule has 2 atom stereocenters. The lowest BCUT2D eigenvalue weighted by atomic mass is 9.98. The molecule has 2 unspecified atom stereocenters. The third-order valence-corrected chi connectivity index (χ3v) is 4.73. The Morgan fingerprint density at radius 2 is 1.73 bits per heavy atom. The zero-order chi connectivity index (χ0) is 18.4. The van der Waals surface area contributed by atoms with Crippen molar-refractivity contribution in [1.29, 1.82) is 0 Å². The lowest BCUT2D eigenvalue weighted by Gasteiger charge is -2.38. The molecule has 1 fully saturated rings. The van der Waals surface area contributed by atoms with Crippen molar-refractivity contribution >= 4 is 23.0 Å². The molecular weight excluding hydrogens is 349 g/mol. The molecule has 0 saturated carbocycles. The predicted molar refractivity (Wildman–Crippen MR) is 107 cm³/mol. The Kier molecular flexibility index (Phi) is 6.55. The van der Waals surface area contributed by atoms with Crippen LogP contribution < -0.4 is 10.6 Å². The Labute approximate surface area is 159 Å². The molecule has 4 nitrogen and oxygen atoms in total. The Hall–Kier alpha value is -2.02. The van der Waals surface area contributed by atoms with Gasteiger partial charge in [0.1, 0.15) is 5.82 Å². The number of nitrogens with zero attached hydrogens (tertiary/aromatic N) is 1. The van der Waals surface area contributed by atoms with E-state index in [0.29, 0.717) is 5.11 Å². The van der Waals surface area contributed by atoms with Crippen LogP contribution in [0.3, 0.4) is 0 Å². The van der Waals surface area contributed by atoms with Crippen LogP contribution in [0.2, 0.25) is 0 Å². The van der Waals surface area contributed by atoms with Gasteiger partial charge in [-0.15, -0.1) is 0 Å². The highest BCUT2D eigenvalue weighted by Crippen LogP contribution is 2.25. The number of morpholine rings is 1. The summed E-state index contributed by atoms with van der Waals surface area (Å²) in [5.74, 6) is -0.265. The van der Waals surface area contributed by atoms with Gasteiger partial charge in [0.25, 0.3) is 0 Å². The molecule has 138 valence electrons. The number of ether oxygens (including phenoxy) is 1. The van der Waals surface area contributed by atoms with Crippen LogP contribution in [0.1, 0.15) is 18.5 Å². The molecule has 0 amide bonds. The monoisotopic (exact) mass is 373 g/mol. The molecule has 1 aliphatic heterocycles. The Morgan fingerprint density at radius 1 is 1.08 bits per heavy atom. The summed E-state index contributed by atoms with van der Waals surface area (Å²) >= 11 is 5.46. The third-order valence-electron chi connectivity index (χ3n) is 4.51. The molecule has 2 aromatic carbocycles. The average Bonchev–Trinajstić information content (AvgIpc) is 2.65. The highest BCUT2D eigenvalue weighted by atomic mass is 32.1. The Bertz CT molecular complexity index is 705. The minimum atomic E-state index is -0.265. The number of thiocarbonyl (C=S) groups is 1. The van der Waals surface area contributed by atoms with E-state index in [1.54, 1.807) is 12.1 Å². The van der Waals surface area contributed by atoms with E-state index in [1.807, 2.05) is 6.07 Å². The molecule has 0 aliphatic carbocycles. The minimum absolute atomic E-state index is 0.0935. The highest BCUT2D eigenvalue weighted by Gasteiger charge is 2.28. The normalized spacial score (nSPS) is 17.3. The molecule has 0 spiro atoms. The van der Waals surface area contributed by atoms with Gasteiger partial charge in [-0.1, -0.05) is 30.3 Å². The van der Waals surface area contributed by atoms with Gasteiger partial charge in [0, 0.05) is 24.8 Å². The minimum Gasteiger partial charge on any atom is -0.379 e. The van der Waals surface area contributed by atoms with E-state index in [-0.39, 0.29) is 17.9 Å². The summed E-state index contributed by atoms with van der Waals surface area (Å²) in [5, 5.41) is 7.03. The molecule has 1 heterocycles. The predicted octanol–water partition coefficient (Wildman–Crippen LogP) is 3.57. The van der Waals surface area contributed by atoms with Gasteiger partial charge in [0.05, 0.1) is 19.3 Å². The highest BCUT2D eigenvalue weighted by molar-refractivity contribution is 7.80. The van der Waals surface area contributed by atoms with Crippen LogP contribution in [-0.2, 0) is 4.74 Å². The van der Waals surface area contributed by atoms with Crippen molar-refractivity contribution in [2.24, 2.45) is 0 Å². The van der Waals surface area contributed by atoms with Crippen LogP contribution in [0.5, 0.6) is 0 Å². The molecule has 0 aromatic heterocycles. The molecule has 1 aliphatic rings. The molecule has 26 heavy (non-hydrogen) atoms. The second kappa shape index (κ2) is 9.07. The summed E-state index contributed by atoms with van der Waals surface area (Å²) in [4.78, 5) is 2.43. The van der Waals surface area contributed by atoms with E-state index in [1.165, 1.54) is 17.7 Å². The van der Waals surface area contributed by atoms with Gasteiger partial charge in [-0.25, -0.2) is 4.39 Å². The standard InChI is InChI=1S/C20H24FN3OS/c1-15(22-20(26)23-18-9-7-17(21)8-10-18)19(16-5-3-2-4-6-16)24-11-13-25-14-12-24/h2-10,15,19H,11-14H2,1H3,(H2,22,23,26). The quantitative estimate of drug-likeness (QED) is 0.784. The van der Waals surface area contributed by atoms with Crippen LogP contribution in [-0.4, -0.2) is 42.4 Å². The van der Waals surface area contributed by atoms with Crippen molar-refractivity contribution in [2.45, 2.75) is 19.0 Å². The first kappa shape index (κ1) is 18.8. The van der Waals surface area contributed by atoms with Crippen LogP contribution in [0.25, 0.3) is 0 Å². The van der Waals surface area contributed by atoms with Crippen LogP contribution in [0.15, 0.2) is 54.6 Å². The number of hydrogen-bond donors (Lipinski definition) is 2.